The molecule has 0 unspecified atom stereocenters. The highest BCUT2D eigenvalue weighted by Crippen LogP contribution is 2.19. The maximum atomic E-state index is 11.1. The van der Waals surface area contributed by atoms with Crippen LogP contribution in [0.5, 0.6) is 5.75 Å². The Morgan fingerprint density at radius 1 is 1.28 bits per heavy atom. The van der Waals surface area contributed by atoms with E-state index >= 15 is 0 Å². The summed E-state index contributed by atoms with van der Waals surface area (Å²) in [6.45, 7) is 2.03. The lowest BCUT2D eigenvalue weighted by molar-refractivity contribution is -0.117. The molecular formula is C14H14O4. The SMILES string of the molecule is CC(=O)CCCOc1ccc2ccc(=O)oc2c1. The van der Waals surface area contributed by atoms with Crippen LogP contribution in [-0.2, 0) is 4.79 Å². The number of carbonyl (C=O) groups excluding carboxylic acids is 1. The van der Waals surface area contributed by atoms with Gasteiger partial charge in [-0.2, -0.15) is 0 Å². The van der Waals surface area contributed by atoms with Crippen LogP contribution >= 0.6 is 0 Å². The van der Waals surface area contributed by atoms with E-state index in [1.165, 1.54) is 6.07 Å². The van der Waals surface area contributed by atoms with Gasteiger partial charge in [0, 0.05) is 23.9 Å². The zero-order valence-corrected chi connectivity index (χ0v) is 10.1. The molecule has 94 valence electrons. The largest absolute Gasteiger partial charge is 0.493 e. The van der Waals surface area contributed by atoms with Crippen LogP contribution in [-0.4, -0.2) is 12.4 Å². The molecule has 0 N–H and O–H groups in total. The summed E-state index contributed by atoms with van der Waals surface area (Å²) in [5.41, 5.74) is 0.128. The second-order valence-corrected chi connectivity index (χ2v) is 4.11. The van der Waals surface area contributed by atoms with Gasteiger partial charge in [0.15, 0.2) is 0 Å². The molecule has 0 aliphatic rings. The van der Waals surface area contributed by atoms with E-state index < -0.39 is 0 Å². The molecule has 0 atom stereocenters. The average Bonchev–Trinajstić information content (AvgIpc) is 2.34. The van der Waals surface area contributed by atoms with Gasteiger partial charge in [-0.3, -0.25) is 0 Å². The number of fused-ring (bicyclic) bond motifs is 1. The van der Waals surface area contributed by atoms with E-state index in [9.17, 15) is 9.59 Å². The van der Waals surface area contributed by atoms with E-state index in [2.05, 4.69) is 0 Å². The van der Waals surface area contributed by atoms with Crippen molar-refractivity contribution < 1.29 is 13.9 Å². The molecule has 4 heteroatoms. The zero-order valence-electron chi connectivity index (χ0n) is 10.1. The van der Waals surface area contributed by atoms with Crippen molar-refractivity contribution in [1.29, 1.82) is 0 Å². The van der Waals surface area contributed by atoms with Gasteiger partial charge < -0.3 is 13.9 Å². The molecule has 0 aliphatic carbocycles. The maximum absolute atomic E-state index is 11.1. The van der Waals surface area contributed by atoms with Crippen molar-refractivity contribution in [3.63, 3.8) is 0 Å². The monoisotopic (exact) mass is 246 g/mol. The molecule has 1 aromatic heterocycles. The van der Waals surface area contributed by atoms with Crippen LogP contribution < -0.4 is 10.4 Å². The van der Waals surface area contributed by atoms with Gasteiger partial charge in [-0.05, 0) is 31.5 Å². The Balaban J connectivity index is 2.05. The molecule has 0 saturated carbocycles. The molecule has 0 bridgehead atoms. The standard InChI is InChI=1S/C14H14O4/c1-10(15)3-2-8-17-12-6-4-11-5-7-14(16)18-13(11)9-12/h4-7,9H,2-3,8H2,1H3. The van der Waals surface area contributed by atoms with Gasteiger partial charge in [0.25, 0.3) is 0 Å². The molecule has 2 rings (SSSR count). The Kier molecular flexibility index (Phi) is 3.77. The first kappa shape index (κ1) is 12.4. The Morgan fingerprint density at radius 3 is 2.83 bits per heavy atom. The summed E-state index contributed by atoms with van der Waals surface area (Å²) in [7, 11) is 0. The molecule has 0 spiro atoms. The average molecular weight is 246 g/mol. The summed E-state index contributed by atoms with van der Waals surface area (Å²) >= 11 is 0. The Bertz CT molecular complexity index is 612. The predicted molar refractivity (Wildman–Crippen MR) is 67.9 cm³/mol. The van der Waals surface area contributed by atoms with Crippen molar-refractivity contribution >= 4 is 16.8 Å². The van der Waals surface area contributed by atoms with Crippen molar-refractivity contribution in [1.82, 2.24) is 0 Å². The van der Waals surface area contributed by atoms with Crippen molar-refractivity contribution in [2.24, 2.45) is 0 Å². The molecule has 1 aromatic carbocycles. The van der Waals surface area contributed by atoms with Crippen LogP contribution in [0.1, 0.15) is 19.8 Å². The second-order valence-electron chi connectivity index (χ2n) is 4.11. The topological polar surface area (TPSA) is 56.5 Å². The van der Waals surface area contributed by atoms with E-state index in [1.807, 2.05) is 12.1 Å². The molecule has 2 aromatic rings. The van der Waals surface area contributed by atoms with Gasteiger partial charge in [-0.25, -0.2) is 4.79 Å². The van der Waals surface area contributed by atoms with E-state index in [0.717, 1.165) is 5.39 Å². The van der Waals surface area contributed by atoms with Crippen molar-refractivity contribution in [3.8, 4) is 5.75 Å². The zero-order chi connectivity index (χ0) is 13.0. The van der Waals surface area contributed by atoms with Gasteiger partial charge in [0.2, 0.25) is 0 Å². The van der Waals surface area contributed by atoms with Crippen LogP contribution in [0.15, 0.2) is 39.5 Å². The number of carbonyl (C=O) groups is 1. The highest BCUT2D eigenvalue weighted by atomic mass is 16.5. The number of ether oxygens (including phenoxy) is 1. The maximum Gasteiger partial charge on any atom is 0.336 e. The van der Waals surface area contributed by atoms with Gasteiger partial charge >= 0.3 is 5.63 Å². The molecule has 1 heterocycles. The molecule has 0 saturated heterocycles. The molecule has 0 radical (unpaired) electrons. The molecule has 0 amide bonds. The summed E-state index contributed by atoms with van der Waals surface area (Å²) in [5, 5.41) is 0.852. The second kappa shape index (κ2) is 5.49. The molecule has 0 fully saturated rings. The lowest BCUT2D eigenvalue weighted by Crippen LogP contribution is -2.00. The Hall–Kier alpha value is -2.10. The van der Waals surface area contributed by atoms with Crippen LogP contribution in [0.25, 0.3) is 11.0 Å². The van der Waals surface area contributed by atoms with Crippen LogP contribution in [0, 0.1) is 0 Å². The lowest BCUT2D eigenvalue weighted by atomic mass is 10.2. The summed E-state index contributed by atoms with van der Waals surface area (Å²) in [5.74, 6) is 0.795. The van der Waals surface area contributed by atoms with Gasteiger partial charge in [-0.1, -0.05) is 0 Å². The summed E-state index contributed by atoms with van der Waals surface area (Å²) in [6, 6.07) is 8.43. The van der Waals surface area contributed by atoms with Crippen LogP contribution in [0.3, 0.4) is 0 Å². The minimum Gasteiger partial charge on any atom is -0.493 e. The quantitative estimate of drug-likeness (QED) is 0.601. The molecule has 4 nitrogen and oxygen atoms in total. The first-order valence-corrected chi connectivity index (χ1v) is 5.81. The Morgan fingerprint density at radius 2 is 2.06 bits per heavy atom. The minimum atomic E-state index is -0.378. The molecule has 0 aliphatic heterocycles. The smallest absolute Gasteiger partial charge is 0.336 e. The summed E-state index contributed by atoms with van der Waals surface area (Å²) < 4.78 is 10.5. The van der Waals surface area contributed by atoms with Crippen molar-refractivity contribution in [2.75, 3.05) is 6.61 Å². The molecule has 18 heavy (non-hydrogen) atoms. The number of rotatable bonds is 5. The minimum absolute atomic E-state index is 0.156. The van der Waals surface area contributed by atoms with Crippen LogP contribution in [0.2, 0.25) is 0 Å². The number of benzene rings is 1. The number of hydrogen-bond donors (Lipinski definition) is 0. The first-order chi connectivity index (χ1) is 8.65. The third-order valence-electron chi connectivity index (χ3n) is 2.54. The van der Waals surface area contributed by atoms with Gasteiger partial charge in [-0.15, -0.1) is 0 Å². The lowest BCUT2D eigenvalue weighted by Gasteiger charge is -2.05. The van der Waals surface area contributed by atoms with Gasteiger partial charge in [0.1, 0.15) is 17.1 Å². The predicted octanol–water partition coefficient (Wildman–Crippen LogP) is 2.54. The highest BCUT2D eigenvalue weighted by Gasteiger charge is 2.01. The fraction of sp³-hybridized carbons (Fsp3) is 0.286. The fourth-order valence-corrected chi connectivity index (χ4v) is 1.64. The highest BCUT2D eigenvalue weighted by molar-refractivity contribution is 5.77. The first-order valence-electron chi connectivity index (χ1n) is 5.81. The third kappa shape index (κ3) is 3.20. The third-order valence-corrected chi connectivity index (χ3v) is 2.54. The summed E-state index contributed by atoms with van der Waals surface area (Å²) in [6.07, 6.45) is 1.20. The fourth-order valence-electron chi connectivity index (χ4n) is 1.64. The van der Waals surface area contributed by atoms with Crippen LogP contribution in [0.4, 0.5) is 0 Å². The molecular weight excluding hydrogens is 232 g/mol. The normalized spacial score (nSPS) is 10.5. The van der Waals surface area contributed by atoms with Crippen molar-refractivity contribution in [3.05, 3.63) is 40.8 Å². The number of Topliss-reactive ketones (excluding diaryl/α,β-unsaturated/α-hetero) is 1. The number of hydrogen-bond acceptors (Lipinski definition) is 4. The van der Waals surface area contributed by atoms with E-state index in [1.54, 1.807) is 19.1 Å². The number of ketones is 1. The summed E-state index contributed by atoms with van der Waals surface area (Å²) in [4.78, 5) is 21.8. The van der Waals surface area contributed by atoms with Crippen molar-refractivity contribution in [2.45, 2.75) is 19.8 Å². The van der Waals surface area contributed by atoms with E-state index in [0.29, 0.717) is 30.8 Å². The van der Waals surface area contributed by atoms with E-state index in [4.69, 9.17) is 9.15 Å². The Labute approximate surface area is 104 Å². The van der Waals surface area contributed by atoms with E-state index in [-0.39, 0.29) is 11.4 Å². The van der Waals surface area contributed by atoms with Gasteiger partial charge in [0.05, 0.1) is 6.61 Å².